The fraction of sp³-hybridized carbons (Fsp3) is 0.435. The summed E-state index contributed by atoms with van der Waals surface area (Å²) in [7, 11) is 0. The lowest BCUT2D eigenvalue weighted by Crippen LogP contribution is -2.57. The predicted molar refractivity (Wildman–Crippen MR) is 107 cm³/mol. The molecular weight excluding hydrogens is 320 g/mol. The van der Waals surface area contributed by atoms with Gasteiger partial charge in [0, 0.05) is 38.6 Å². The molecule has 0 N–H and O–H groups in total. The predicted octanol–water partition coefficient (Wildman–Crippen LogP) is 3.94. The Labute approximate surface area is 157 Å². The highest BCUT2D eigenvalue weighted by Gasteiger charge is 2.41. The smallest absolute Gasteiger partial charge is 0.122 e. The summed E-state index contributed by atoms with van der Waals surface area (Å²) in [6.45, 7) is 8.61. The van der Waals surface area contributed by atoms with Crippen LogP contribution < -0.4 is 0 Å². The Morgan fingerprint density at radius 1 is 0.923 bits per heavy atom. The number of rotatable bonds is 7. The number of hydrogen-bond donors (Lipinski definition) is 0. The van der Waals surface area contributed by atoms with Gasteiger partial charge in [-0.2, -0.15) is 0 Å². The van der Waals surface area contributed by atoms with E-state index in [4.69, 9.17) is 0 Å². The van der Waals surface area contributed by atoms with Crippen molar-refractivity contribution in [3.63, 3.8) is 0 Å². The van der Waals surface area contributed by atoms with Crippen LogP contribution >= 0.6 is 0 Å². The van der Waals surface area contributed by atoms with Gasteiger partial charge in [-0.1, -0.05) is 67.6 Å². The van der Waals surface area contributed by atoms with Crippen molar-refractivity contribution < 1.29 is 4.79 Å². The summed E-state index contributed by atoms with van der Waals surface area (Å²) in [4.78, 5) is 16.9. The summed E-state index contributed by atoms with van der Waals surface area (Å²) in [6.07, 6.45) is 2.74. The van der Waals surface area contributed by atoms with Gasteiger partial charge in [0.25, 0.3) is 0 Å². The van der Waals surface area contributed by atoms with Gasteiger partial charge in [0.15, 0.2) is 0 Å². The molecule has 0 aromatic heterocycles. The number of carbonyl (C=O) groups excluding carboxylic acids is 1. The molecular formula is C23H30N2O. The SMILES string of the molecule is CCC(C)N1CCN(C(CC=O)(c2ccccc2)c2ccccc2)CC1. The van der Waals surface area contributed by atoms with Gasteiger partial charge in [-0.3, -0.25) is 9.80 Å². The van der Waals surface area contributed by atoms with Crippen LogP contribution in [0.15, 0.2) is 60.7 Å². The van der Waals surface area contributed by atoms with E-state index < -0.39 is 0 Å². The maximum Gasteiger partial charge on any atom is 0.122 e. The monoisotopic (exact) mass is 350 g/mol. The minimum atomic E-state index is -0.383. The Morgan fingerprint density at radius 3 is 1.85 bits per heavy atom. The van der Waals surface area contributed by atoms with Gasteiger partial charge in [-0.15, -0.1) is 0 Å². The Morgan fingerprint density at radius 2 is 1.42 bits per heavy atom. The highest BCUT2D eigenvalue weighted by Crippen LogP contribution is 2.39. The number of nitrogens with zero attached hydrogens (tertiary/aromatic N) is 2. The van der Waals surface area contributed by atoms with Gasteiger partial charge in [0.1, 0.15) is 6.29 Å². The molecule has 1 atom stereocenters. The van der Waals surface area contributed by atoms with E-state index in [0.717, 1.165) is 32.5 Å². The van der Waals surface area contributed by atoms with Crippen LogP contribution in [0.1, 0.15) is 37.8 Å². The molecule has 1 heterocycles. The highest BCUT2D eigenvalue weighted by molar-refractivity contribution is 5.57. The molecule has 0 aliphatic carbocycles. The molecule has 0 bridgehead atoms. The van der Waals surface area contributed by atoms with E-state index in [1.54, 1.807) is 0 Å². The molecule has 0 radical (unpaired) electrons. The molecule has 26 heavy (non-hydrogen) atoms. The molecule has 1 fully saturated rings. The van der Waals surface area contributed by atoms with Crippen LogP contribution in [0.3, 0.4) is 0 Å². The first kappa shape index (κ1) is 18.8. The van der Waals surface area contributed by atoms with Gasteiger partial charge >= 0.3 is 0 Å². The molecule has 1 unspecified atom stereocenters. The quantitative estimate of drug-likeness (QED) is 0.707. The fourth-order valence-corrected chi connectivity index (χ4v) is 4.25. The Kier molecular flexibility index (Phi) is 6.23. The second-order valence-electron chi connectivity index (χ2n) is 7.24. The minimum absolute atomic E-state index is 0.383. The van der Waals surface area contributed by atoms with Gasteiger partial charge in [0.05, 0.1) is 5.54 Å². The Hall–Kier alpha value is -1.97. The summed E-state index contributed by atoms with van der Waals surface area (Å²) >= 11 is 0. The van der Waals surface area contributed by atoms with Crippen molar-refractivity contribution in [2.75, 3.05) is 26.2 Å². The number of piperazine rings is 1. The summed E-state index contributed by atoms with van der Waals surface area (Å²) in [5, 5.41) is 0. The van der Waals surface area contributed by atoms with Crippen molar-refractivity contribution in [3.8, 4) is 0 Å². The molecule has 0 amide bonds. The van der Waals surface area contributed by atoms with E-state index >= 15 is 0 Å². The highest BCUT2D eigenvalue weighted by atomic mass is 16.1. The van der Waals surface area contributed by atoms with Crippen LogP contribution in [0.5, 0.6) is 0 Å². The molecule has 3 heteroatoms. The summed E-state index contributed by atoms with van der Waals surface area (Å²) < 4.78 is 0. The average molecular weight is 351 g/mol. The second-order valence-corrected chi connectivity index (χ2v) is 7.24. The minimum Gasteiger partial charge on any atom is -0.303 e. The third kappa shape index (κ3) is 3.60. The molecule has 3 nitrogen and oxygen atoms in total. The molecule has 1 saturated heterocycles. The largest absolute Gasteiger partial charge is 0.303 e. The van der Waals surface area contributed by atoms with Gasteiger partial charge in [-0.05, 0) is 24.5 Å². The zero-order valence-electron chi connectivity index (χ0n) is 16.0. The van der Waals surface area contributed by atoms with Crippen LogP contribution in [0.25, 0.3) is 0 Å². The summed E-state index contributed by atoms with van der Waals surface area (Å²) in [5.41, 5.74) is 2.02. The van der Waals surface area contributed by atoms with Crippen LogP contribution in [-0.4, -0.2) is 48.3 Å². The first-order chi connectivity index (χ1) is 12.7. The van der Waals surface area contributed by atoms with Crippen molar-refractivity contribution in [1.29, 1.82) is 0 Å². The topological polar surface area (TPSA) is 23.6 Å². The molecule has 2 aromatic rings. The lowest BCUT2D eigenvalue weighted by atomic mass is 9.78. The van der Waals surface area contributed by atoms with E-state index in [1.807, 2.05) is 12.1 Å². The molecule has 1 aliphatic heterocycles. The molecule has 0 saturated carbocycles. The van der Waals surface area contributed by atoms with Crippen molar-refractivity contribution in [2.24, 2.45) is 0 Å². The number of carbonyl (C=O) groups is 1. The fourth-order valence-electron chi connectivity index (χ4n) is 4.25. The van der Waals surface area contributed by atoms with Crippen LogP contribution in [0, 0.1) is 0 Å². The number of benzene rings is 2. The summed E-state index contributed by atoms with van der Waals surface area (Å²) in [5.74, 6) is 0. The lowest BCUT2D eigenvalue weighted by Gasteiger charge is -2.49. The number of hydrogen-bond acceptors (Lipinski definition) is 3. The van der Waals surface area contributed by atoms with E-state index in [9.17, 15) is 4.79 Å². The van der Waals surface area contributed by atoms with Crippen molar-refractivity contribution >= 4 is 6.29 Å². The van der Waals surface area contributed by atoms with E-state index in [0.29, 0.717) is 12.5 Å². The Bertz CT molecular complexity index is 638. The third-order valence-electron chi connectivity index (χ3n) is 5.95. The maximum atomic E-state index is 11.8. The Balaban J connectivity index is 2.00. The van der Waals surface area contributed by atoms with Crippen LogP contribution in [0.4, 0.5) is 0 Å². The van der Waals surface area contributed by atoms with Crippen molar-refractivity contribution in [3.05, 3.63) is 71.8 Å². The standard InChI is InChI=1S/C23H30N2O/c1-3-20(2)24-15-17-25(18-16-24)23(14-19-26,21-10-6-4-7-11-21)22-12-8-5-9-13-22/h4-13,19-20H,3,14-18H2,1-2H3. The van der Waals surface area contributed by atoms with E-state index in [2.05, 4.69) is 72.2 Å². The molecule has 0 spiro atoms. The second kappa shape index (κ2) is 8.61. The molecule has 138 valence electrons. The summed E-state index contributed by atoms with van der Waals surface area (Å²) in [6, 6.07) is 21.7. The molecule has 1 aliphatic rings. The van der Waals surface area contributed by atoms with Gasteiger partial charge < -0.3 is 4.79 Å². The average Bonchev–Trinajstić information content (AvgIpc) is 2.73. The van der Waals surface area contributed by atoms with Crippen molar-refractivity contribution in [1.82, 2.24) is 9.80 Å². The zero-order chi connectivity index (χ0) is 18.4. The van der Waals surface area contributed by atoms with E-state index in [1.165, 1.54) is 17.5 Å². The normalized spacial score (nSPS) is 17.8. The first-order valence-electron chi connectivity index (χ1n) is 9.76. The number of aldehydes is 1. The van der Waals surface area contributed by atoms with Gasteiger partial charge in [-0.25, -0.2) is 0 Å². The molecule has 2 aromatic carbocycles. The maximum absolute atomic E-state index is 11.8. The third-order valence-corrected chi connectivity index (χ3v) is 5.95. The van der Waals surface area contributed by atoms with Crippen LogP contribution in [-0.2, 0) is 10.3 Å². The van der Waals surface area contributed by atoms with Crippen LogP contribution in [0.2, 0.25) is 0 Å². The first-order valence-corrected chi connectivity index (χ1v) is 9.76. The zero-order valence-corrected chi connectivity index (χ0v) is 16.0. The van der Waals surface area contributed by atoms with E-state index in [-0.39, 0.29) is 5.54 Å². The van der Waals surface area contributed by atoms with Crippen molar-refractivity contribution in [2.45, 2.75) is 38.3 Å². The van der Waals surface area contributed by atoms with Gasteiger partial charge in [0.2, 0.25) is 0 Å². The molecule has 3 rings (SSSR count). The lowest BCUT2D eigenvalue weighted by molar-refractivity contribution is -0.110.